The predicted octanol–water partition coefficient (Wildman–Crippen LogP) is 0.0902. The molecule has 0 radical (unpaired) electrons. The van der Waals surface area contributed by atoms with Gasteiger partial charge in [0.05, 0.1) is 6.20 Å². The van der Waals surface area contributed by atoms with E-state index in [2.05, 4.69) is 15.6 Å². The number of nitrogens with one attached hydrogen (secondary N) is 1. The number of hydrogen-bond acceptors (Lipinski definition) is 4. The number of amides is 1. The van der Waals surface area contributed by atoms with Crippen LogP contribution in [0, 0.1) is 0 Å². The van der Waals surface area contributed by atoms with Gasteiger partial charge < -0.3 is 10.4 Å². The van der Waals surface area contributed by atoms with Gasteiger partial charge in [-0.2, -0.15) is 0 Å². The molecule has 1 heterocycles. The van der Waals surface area contributed by atoms with Crippen molar-refractivity contribution < 1.29 is 14.7 Å². The molecule has 2 aromatic rings. The molecule has 0 aliphatic heterocycles. The molecule has 1 amide bonds. The molecule has 104 valence electrons. The molecule has 0 bridgehead atoms. The lowest BCUT2D eigenvalue weighted by Crippen LogP contribution is -2.43. The number of carbonyl (C=O) groups excluding carboxylic acids is 1. The van der Waals surface area contributed by atoms with Gasteiger partial charge in [-0.15, -0.1) is 5.10 Å². The zero-order valence-electron chi connectivity index (χ0n) is 10.6. The van der Waals surface area contributed by atoms with Crippen LogP contribution in [0.15, 0.2) is 42.7 Å². The third-order valence-corrected chi connectivity index (χ3v) is 2.69. The van der Waals surface area contributed by atoms with Crippen molar-refractivity contribution in [3.8, 4) is 0 Å². The topological polar surface area (TPSA) is 97.1 Å². The van der Waals surface area contributed by atoms with E-state index in [0.717, 1.165) is 5.56 Å². The molecule has 0 saturated heterocycles. The SMILES string of the molecule is O=C(Cn1ccnn1)N[C@H](Cc1ccccc1)C(=O)O. The molecule has 20 heavy (non-hydrogen) atoms. The number of benzene rings is 1. The largest absolute Gasteiger partial charge is 0.480 e. The van der Waals surface area contributed by atoms with E-state index in [1.54, 1.807) is 0 Å². The Bertz CT molecular complexity index is 569. The minimum atomic E-state index is -1.07. The van der Waals surface area contributed by atoms with Gasteiger partial charge in [0.25, 0.3) is 0 Å². The van der Waals surface area contributed by atoms with Crippen molar-refractivity contribution >= 4 is 11.9 Å². The first-order valence-corrected chi connectivity index (χ1v) is 6.05. The number of carbonyl (C=O) groups is 2. The Hall–Kier alpha value is -2.70. The molecule has 0 aliphatic carbocycles. The molecule has 1 aromatic carbocycles. The maximum absolute atomic E-state index is 11.8. The lowest BCUT2D eigenvalue weighted by Gasteiger charge is -2.14. The summed E-state index contributed by atoms with van der Waals surface area (Å²) in [7, 11) is 0. The van der Waals surface area contributed by atoms with E-state index in [0.29, 0.717) is 0 Å². The third kappa shape index (κ3) is 3.91. The Labute approximate surface area is 115 Å². The number of aliphatic carboxylic acids is 1. The van der Waals surface area contributed by atoms with Crippen LogP contribution in [0.2, 0.25) is 0 Å². The van der Waals surface area contributed by atoms with Crippen LogP contribution in [0.5, 0.6) is 0 Å². The number of nitrogens with zero attached hydrogens (tertiary/aromatic N) is 3. The Kier molecular flexibility index (Phi) is 4.43. The van der Waals surface area contributed by atoms with Crippen LogP contribution in [0.25, 0.3) is 0 Å². The Morgan fingerprint density at radius 2 is 2.05 bits per heavy atom. The highest BCUT2D eigenvalue weighted by Gasteiger charge is 2.20. The summed E-state index contributed by atoms with van der Waals surface area (Å²) in [5, 5.41) is 18.9. The third-order valence-electron chi connectivity index (χ3n) is 2.69. The summed E-state index contributed by atoms with van der Waals surface area (Å²) in [5.74, 6) is -1.49. The number of aromatic nitrogens is 3. The maximum atomic E-state index is 11.8. The number of hydrogen-bond donors (Lipinski definition) is 2. The average Bonchev–Trinajstić information content (AvgIpc) is 2.92. The van der Waals surface area contributed by atoms with Gasteiger partial charge in [-0.25, -0.2) is 9.48 Å². The number of carboxylic acids is 1. The minimum absolute atomic E-state index is 0.0570. The summed E-state index contributed by atoms with van der Waals surface area (Å²) >= 11 is 0. The molecule has 0 spiro atoms. The molecule has 0 aliphatic rings. The molecular weight excluding hydrogens is 260 g/mol. The van der Waals surface area contributed by atoms with Gasteiger partial charge in [-0.1, -0.05) is 35.5 Å². The monoisotopic (exact) mass is 274 g/mol. The molecule has 0 unspecified atom stereocenters. The molecule has 7 heteroatoms. The van der Waals surface area contributed by atoms with E-state index >= 15 is 0 Å². The normalized spacial score (nSPS) is 11.8. The zero-order chi connectivity index (χ0) is 14.4. The van der Waals surface area contributed by atoms with E-state index in [1.165, 1.54) is 17.1 Å². The van der Waals surface area contributed by atoms with E-state index in [1.807, 2.05) is 30.3 Å². The fourth-order valence-corrected chi connectivity index (χ4v) is 1.75. The second kappa shape index (κ2) is 6.46. The second-order valence-corrected chi connectivity index (χ2v) is 4.25. The van der Waals surface area contributed by atoms with E-state index in [4.69, 9.17) is 5.11 Å². The molecule has 1 aromatic heterocycles. The zero-order valence-corrected chi connectivity index (χ0v) is 10.6. The highest BCUT2D eigenvalue weighted by Crippen LogP contribution is 2.03. The van der Waals surface area contributed by atoms with Gasteiger partial charge in [-0.05, 0) is 5.56 Å². The van der Waals surface area contributed by atoms with Gasteiger partial charge in [-0.3, -0.25) is 4.79 Å². The summed E-state index contributed by atoms with van der Waals surface area (Å²) in [6.45, 7) is -0.0570. The van der Waals surface area contributed by atoms with Gasteiger partial charge >= 0.3 is 5.97 Å². The smallest absolute Gasteiger partial charge is 0.326 e. The molecule has 2 N–H and O–H groups in total. The van der Waals surface area contributed by atoms with Crippen molar-refractivity contribution in [3.63, 3.8) is 0 Å². The molecule has 1 atom stereocenters. The fourth-order valence-electron chi connectivity index (χ4n) is 1.75. The Balaban J connectivity index is 1.95. The van der Waals surface area contributed by atoms with Crippen LogP contribution in [0.4, 0.5) is 0 Å². The number of carboxylic acid groups (broad SMARTS) is 1. The van der Waals surface area contributed by atoms with Crippen LogP contribution in [0.1, 0.15) is 5.56 Å². The Morgan fingerprint density at radius 1 is 1.30 bits per heavy atom. The lowest BCUT2D eigenvalue weighted by atomic mass is 10.1. The standard InChI is InChI=1S/C13H14N4O3/c18-12(9-17-7-6-14-16-17)15-11(13(19)20)8-10-4-2-1-3-5-10/h1-7,11H,8-9H2,(H,15,18)(H,19,20)/t11-/m1/s1. The average molecular weight is 274 g/mol. The Morgan fingerprint density at radius 3 is 2.65 bits per heavy atom. The summed E-state index contributed by atoms with van der Waals surface area (Å²) in [6, 6.07) is 8.17. The summed E-state index contributed by atoms with van der Waals surface area (Å²) in [6.07, 6.45) is 3.22. The summed E-state index contributed by atoms with van der Waals surface area (Å²) < 4.78 is 1.33. The molecule has 0 fully saturated rings. The highest BCUT2D eigenvalue weighted by atomic mass is 16.4. The van der Waals surface area contributed by atoms with Crippen molar-refractivity contribution in [2.75, 3.05) is 0 Å². The summed E-state index contributed by atoms with van der Waals surface area (Å²) in [5.41, 5.74) is 0.848. The van der Waals surface area contributed by atoms with Crippen LogP contribution in [-0.4, -0.2) is 38.0 Å². The van der Waals surface area contributed by atoms with Crippen molar-refractivity contribution in [2.24, 2.45) is 0 Å². The van der Waals surface area contributed by atoms with E-state index < -0.39 is 17.9 Å². The van der Waals surface area contributed by atoms with E-state index in [9.17, 15) is 9.59 Å². The van der Waals surface area contributed by atoms with Crippen LogP contribution in [-0.2, 0) is 22.6 Å². The summed E-state index contributed by atoms with van der Waals surface area (Å²) in [4.78, 5) is 22.9. The first kappa shape index (κ1) is 13.7. The van der Waals surface area contributed by atoms with Crippen LogP contribution in [0.3, 0.4) is 0 Å². The maximum Gasteiger partial charge on any atom is 0.326 e. The quantitative estimate of drug-likeness (QED) is 0.778. The first-order chi connectivity index (χ1) is 9.65. The second-order valence-electron chi connectivity index (χ2n) is 4.25. The van der Waals surface area contributed by atoms with Gasteiger partial charge in [0, 0.05) is 12.6 Å². The van der Waals surface area contributed by atoms with Crippen molar-refractivity contribution in [2.45, 2.75) is 19.0 Å². The molecular formula is C13H14N4O3. The van der Waals surface area contributed by atoms with Gasteiger partial charge in [0.15, 0.2) is 0 Å². The molecule has 2 rings (SSSR count). The van der Waals surface area contributed by atoms with Gasteiger partial charge in [0.1, 0.15) is 12.6 Å². The first-order valence-electron chi connectivity index (χ1n) is 6.05. The number of rotatable bonds is 6. The van der Waals surface area contributed by atoms with Crippen LogP contribution >= 0.6 is 0 Å². The van der Waals surface area contributed by atoms with Crippen LogP contribution < -0.4 is 5.32 Å². The van der Waals surface area contributed by atoms with Crippen molar-refractivity contribution in [1.29, 1.82) is 0 Å². The van der Waals surface area contributed by atoms with E-state index in [-0.39, 0.29) is 13.0 Å². The highest BCUT2D eigenvalue weighted by molar-refractivity contribution is 5.83. The lowest BCUT2D eigenvalue weighted by molar-refractivity contribution is -0.141. The fraction of sp³-hybridized carbons (Fsp3) is 0.231. The molecule has 7 nitrogen and oxygen atoms in total. The van der Waals surface area contributed by atoms with Crippen molar-refractivity contribution in [3.05, 3.63) is 48.3 Å². The molecule has 0 saturated carbocycles. The van der Waals surface area contributed by atoms with Crippen molar-refractivity contribution in [1.82, 2.24) is 20.3 Å². The predicted molar refractivity (Wildman–Crippen MR) is 69.7 cm³/mol. The van der Waals surface area contributed by atoms with Gasteiger partial charge in [0.2, 0.25) is 5.91 Å². The minimum Gasteiger partial charge on any atom is -0.480 e.